The first-order chi connectivity index (χ1) is 9.95. The maximum atomic E-state index is 14.3. The molecule has 21 heavy (non-hydrogen) atoms. The highest BCUT2D eigenvalue weighted by Gasteiger charge is 2.26. The molecule has 1 aliphatic heterocycles. The molecule has 3 nitrogen and oxygen atoms in total. The van der Waals surface area contributed by atoms with Crippen molar-refractivity contribution < 1.29 is 13.9 Å². The van der Waals surface area contributed by atoms with Crippen LogP contribution in [0.3, 0.4) is 0 Å². The molecule has 1 atom stereocenters. The summed E-state index contributed by atoms with van der Waals surface area (Å²) < 4.78 is 25.2. The van der Waals surface area contributed by atoms with E-state index in [0.29, 0.717) is 17.4 Å². The van der Waals surface area contributed by atoms with E-state index in [0.717, 1.165) is 24.3 Å². The lowest BCUT2D eigenvalue weighted by Crippen LogP contribution is -2.35. The van der Waals surface area contributed by atoms with E-state index in [1.807, 2.05) is 6.07 Å². The Labute approximate surface area is 126 Å². The van der Waals surface area contributed by atoms with E-state index in [1.54, 1.807) is 20.3 Å². The Bertz CT molecular complexity index is 476. The van der Waals surface area contributed by atoms with Crippen molar-refractivity contribution in [1.82, 2.24) is 5.32 Å². The number of nitrogens with one attached hydrogen (secondary N) is 1. The molecule has 0 aliphatic carbocycles. The summed E-state index contributed by atoms with van der Waals surface area (Å²) in [5.74, 6) is 1.33. The van der Waals surface area contributed by atoms with Crippen molar-refractivity contribution in [1.29, 1.82) is 0 Å². The Kier molecular flexibility index (Phi) is 5.09. The van der Waals surface area contributed by atoms with Crippen LogP contribution < -0.4 is 14.8 Å². The van der Waals surface area contributed by atoms with E-state index in [9.17, 15) is 4.39 Å². The van der Waals surface area contributed by atoms with Gasteiger partial charge in [0, 0.05) is 11.6 Å². The van der Waals surface area contributed by atoms with Crippen molar-refractivity contribution in [2.24, 2.45) is 0 Å². The van der Waals surface area contributed by atoms with Crippen molar-refractivity contribution in [3.8, 4) is 11.5 Å². The number of benzene rings is 1. The average Bonchev–Trinajstić information content (AvgIpc) is 2.46. The highest BCUT2D eigenvalue weighted by Crippen LogP contribution is 2.38. The molecule has 0 spiro atoms. The summed E-state index contributed by atoms with van der Waals surface area (Å²) in [7, 11) is 3.22. The van der Waals surface area contributed by atoms with E-state index < -0.39 is 5.67 Å². The lowest BCUT2D eigenvalue weighted by Gasteiger charge is -2.26. The third-order valence-corrected chi connectivity index (χ3v) is 4.12. The molecule has 2 rings (SSSR count). The number of piperidine rings is 1. The number of methoxy groups -OCH3 is 2. The van der Waals surface area contributed by atoms with Crippen LogP contribution in [0.25, 0.3) is 0 Å². The van der Waals surface area contributed by atoms with Gasteiger partial charge in [0.1, 0.15) is 17.2 Å². The topological polar surface area (TPSA) is 30.5 Å². The van der Waals surface area contributed by atoms with Crippen molar-refractivity contribution in [2.75, 3.05) is 20.8 Å². The third kappa shape index (κ3) is 3.88. The number of halogens is 1. The maximum Gasteiger partial charge on any atom is 0.134 e. The monoisotopic (exact) mass is 295 g/mol. The second-order valence-corrected chi connectivity index (χ2v) is 6.19. The molecule has 1 aromatic rings. The second-order valence-electron chi connectivity index (χ2n) is 6.19. The zero-order valence-electron chi connectivity index (χ0n) is 13.5. The van der Waals surface area contributed by atoms with E-state index in [4.69, 9.17) is 9.47 Å². The third-order valence-electron chi connectivity index (χ3n) is 4.12. The molecule has 1 unspecified atom stereocenters. The van der Waals surface area contributed by atoms with Gasteiger partial charge >= 0.3 is 0 Å². The minimum Gasteiger partial charge on any atom is -0.496 e. The van der Waals surface area contributed by atoms with Gasteiger partial charge in [-0.25, -0.2) is 4.39 Å². The first kappa shape index (κ1) is 16.1. The second kappa shape index (κ2) is 6.65. The molecule has 0 radical (unpaired) electrons. The van der Waals surface area contributed by atoms with Gasteiger partial charge in [0.25, 0.3) is 0 Å². The lowest BCUT2D eigenvalue weighted by atomic mass is 9.92. The summed E-state index contributed by atoms with van der Waals surface area (Å²) in [6, 6.07) is 4.16. The Morgan fingerprint density at radius 1 is 1.19 bits per heavy atom. The summed E-state index contributed by atoms with van der Waals surface area (Å²) in [5, 5.41) is 3.53. The van der Waals surface area contributed by atoms with Crippen molar-refractivity contribution in [3.63, 3.8) is 0 Å². The molecular formula is C17H26FNO2. The number of hydrogen-bond donors (Lipinski definition) is 1. The van der Waals surface area contributed by atoms with Crippen LogP contribution >= 0.6 is 0 Å². The van der Waals surface area contributed by atoms with E-state index in [1.165, 1.54) is 33.1 Å². The molecule has 1 aliphatic rings. The molecule has 4 heteroatoms. The standard InChI is InChI=1S/C17H26FNO2/c1-17(2,18)14-11-15(20-3)12(10-16(14)21-4)9-13-7-5-6-8-19-13/h10-11,13,19H,5-9H2,1-4H3. The van der Waals surface area contributed by atoms with E-state index in [2.05, 4.69) is 5.32 Å². The predicted molar refractivity (Wildman–Crippen MR) is 83.0 cm³/mol. The van der Waals surface area contributed by atoms with Crippen LogP contribution in [0.1, 0.15) is 44.2 Å². The van der Waals surface area contributed by atoms with Gasteiger partial charge in [-0.1, -0.05) is 6.42 Å². The van der Waals surface area contributed by atoms with E-state index in [-0.39, 0.29) is 0 Å². The molecule has 1 fully saturated rings. The molecule has 0 bridgehead atoms. The number of rotatable bonds is 5. The quantitative estimate of drug-likeness (QED) is 0.900. The fraction of sp³-hybridized carbons (Fsp3) is 0.647. The minimum atomic E-state index is -1.46. The van der Waals surface area contributed by atoms with Crippen LogP contribution in [0, 0.1) is 0 Å². The van der Waals surface area contributed by atoms with Gasteiger partial charge in [-0.3, -0.25) is 0 Å². The summed E-state index contributed by atoms with van der Waals surface area (Å²) in [6.07, 6.45) is 4.55. The van der Waals surface area contributed by atoms with Crippen LogP contribution in [-0.2, 0) is 12.1 Å². The number of alkyl halides is 1. The fourth-order valence-electron chi connectivity index (χ4n) is 2.95. The largest absolute Gasteiger partial charge is 0.496 e. The highest BCUT2D eigenvalue weighted by molar-refractivity contribution is 5.49. The summed E-state index contributed by atoms with van der Waals surface area (Å²) >= 11 is 0. The minimum absolute atomic E-state index is 0.460. The Morgan fingerprint density at radius 2 is 1.90 bits per heavy atom. The SMILES string of the molecule is COc1cc(C(C)(C)F)c(OC)cc1CC1CCCCN1. The molecule has 0 aromatic heterocycles. The van der Waals surface area contributed by atoms with Crippen molar-refractivity contribution in [3.05, 3.63) is 23.3 Å². The molecule has 1 aromatic carbocycles. The Hall–Kier alpha value is -1.29. The smallest absolute Gasteiger partial charge is 0.134 e. The first-order valence-electron chi connectivity index (χ1n) is 7.63. The van der Waals surface area contributed by atoms with Gasteiger partial charge in [0.15, 0.2) is 0 Å². The summed E-state index contributed by atoms with van der Waals surface area (Å²) in [6.45, 7) is 4.14. The van der Waals surface area contributed by atoms with Gasteiger partial charge in [-0.2, -0.15) is 0 Å². The fourth-order valence-corrected chi connectivity index (χ4v) is 2.95. The average molecular weight is 295 g/mol. The van der Waals surface area contributed by atoms with Crippen molar-refractivity contribution >= 4 is 0 Å². The van der Waals surface area contributed by atoms with E-state index >= 15 is 0 Å². The van der Waals surface area contributed by atoms with Gasteiger partial charge in [-0.05, 0) is 57.4 Å². The van der Waals surface area contributed by atoms with Gasteiger partial charge < -0.3 is 14.8 Å². The Balaban J connectivity index is 2.31. The zero-order chi connectivity index (χ0) is 15.5. The van der Waals surface area contributed by atoms with Crippen LogP contribution in [0.15, 0.2) is 12.1 Å². The summed E-state index contributed by atoms with van der Waals surface area (Å²) in [4.78, 5) is 0. The van der Waals surface area contributed by atoms with Crippen LogP contribution in [-0.4, -0.2) is 26.8 Å². The molecule has 118 valence electrons. The van der Waals surface area contributed by atoms with Gasteiger partial charge in [0.2, 0.25) is 0 Å². The van der Waals surface area contributed by atoms with Crippen LogP contribution in [0.4, 0.5) is 4.39 Å². The van der Waals surface area contributed by atoms with Gasteiger partial charge in [-0.15, -0.1) is 0 Å². The molecule has 1 N–H and O–H groups in total. The maximum absolute atomic E-state index is 14.3. The lowest BCUT2D eigenvalue weighted by molar-refractivity contribution is 0.212. The normalized spacial score (nSPS) is 19.4. The number of ether oxygens (including phenoxy) is 2. The highest BCUT2D eigenvalue weighted by atomic mass is 19.1. The predicted octanol–water partition coefficient (Wildman–Crippen LogP) is 3.59. The first-order valence-corrected chi connectivity index (χ1v) is 7.63. The molecule has 1 saturated heterocycles. The van der Waals surface area contributed by atoms with Crippen LogP contribution in [0.2, 0.25) is 0 Å². The summed E-state index contributed by atoms with van der Waals surface area (Å²) in [5.41, 5.74) is 0.143. The molecular weight excluding hydrogens is 269 g/mol. The molecule has 1 heterocycles. The number of hydrogen-bond acceptors (Lipinski definition) is 3. The van der Waals surface area contributed by atoms with Crippen LogP contribution in [0.5, 0.6) is 11.5 Å². The Morgan fingerprint density at radius 3 is 2.43 bits per heavy atom. The zero-order valence-corrected chi connectivity index (χ0v) is 13.5. The van der Waals surface area contributed by atoms with Crippen molar-refractivity contribution in [2.45, 2.75) is 51.2 Å². The van der Waals surface area contributed by atoms with Gasteiger partial charge in [0.05, 0.1) is 14.2 Å². The molecule has 0 saturated carbocycles. The molecule has 0 amide bonds.